The van der Waals surface area contributed by atoms with Crippen LogP contribution in [0.1, 0.15) is 57.6 Å². The minimum Gasteiger partial charge on any atom is -0.483 e. The van der Waals surface area contributed by atoms with E-state index in [2.05, 4.69) is 42.0 Å². The first-order valence-electron chi connectivity index (χ1n) is 10.9. The second kappa shape index (κ2) is 12.5. The van der Waals surface area contributed by atoms with Gasteiger partial charge in [-0.2, -0.15) is 0 Å². The topological polar surface area (TPSA) is 58.6 Å². The number of ether oxygens (including phenoxy) is 1. The summed E-state index contributed by atoms with van der Waals surface area (Å²) in [6, 6.07) is 14.9. The van der Waals surface area contributed by atoms with Gasteiger partial charge in [-0.3, -0.25) is 9.59 Å². The van der Waals surface area contributed by atoms with Crippen LogP contribution in [0.3, 0.4) is 0 Å². The van der Waals surface area contributed by atoms with Crippen molar-refractivity contribution in [3.05, 3.63) is 64.1 Å². The maximum atomic E-state index is 13.2. The monoisotopic (exact) mass is 488 g/mol. The molecule has 0 saturated carbocycles. The molecule has 1 N–H and O–H groups in total. The molecular formula is C25H33BrN2O3. The number of benzene rings is 2. The molecule has 6 heteroatoms. The average Bonchev–Trinajstić information content (AvgIpc) is 2.75. The van der Waals surface area contributed by atoms with Crippen LogP contribution in [0.25, 0.3) is 0 Å². The molecule has 0 radical (unpaired) electrons. The fourth-order valence-electron chi connectivity index (χ4n) is 3.26. The highest BCUT2D eigenvalue weighted by Gasteiger charge is 2.26. The molecule has 0 aliphatic carbocycles. The number of para-hydroxylation sites is 1. The van der Waals surface area contributed by atoms with E-state index in [1.54, 1.807) is 11.8 Å². The van der Waals surface area contributed by atoms with Crippen molar-refractivity contribution in [2.45, 2.75) is 59.0 Å². The van der Waals surface area contributed by atoms with Gasteiger partial charge in [0.25, 0.3) is 5.91 Å². The van der Waals surface area contributed by atoms with Crippen molar-refractivity contribution in [1.29, 1.82) is 0 Å². The molecular weight excluding hydrogens is 456 g/mol. The Labute approximate surface area is 194 Å². The average molecular weight is 489 g/mol. The van der Waals surface area contributed by atoms with E-state index in [0.29, 0.717) is 18.8 Å². The Morgan fingerprint density at radius 2 is 1.84 bits per heavy atom. The van der Waals surface area contributed by atoms with Gasteiger partial charge in [0.15, 0.2) is 6.61 Å². The van der Waals surface area contributed by atoms with Crippen LogP contribution in [0.15, 0.2) is 53.0 Å². The van der Waals surface area contributed by atoms with E-state index in [1.807, 2.05) is 48.5 Å². The zero-order valence-corrected chi connectivity index (χ0v) is 20.4. The van der Waals surface area contributed by atoms with Crippen LogP contribution in [-0.4, -0.2) is 35.9 Å². The molecule has 2 aromatic rings. The molecule has 0 aromatic heterocycles. The standard InChI is InChI=1S/C25H33BrN2O3/c1-5-6-14-27-25(30)19(4)28(16-20-10-9-11-21(26)15-20)24(29)17-31-23-13-8-7-12-22(23)18(2)3/h7-13,15,18-19H,5-6,14,16-17H2,1-4H3,(H,27,30)/t19-/m0/s1. The number of hydrogen-bond donors (Lipinski definition) is 1. The first kappa shape index (κ1) is 24.9. The van der Waals surface area contributed by atoms with Gasteiger partial charge < -0.3 is 15.0 Å². The fraction of sp³-hybridized carbons (Fsp3) is 0.440. The van der Waals surface area contributed by atoms with E-state index >= 15 is 0 Å². The van der Waals surface area contributed by atoms with Crippen LogP contribution in [0, 0.1) is 0 Å². The maximum Gasteiger partial charge on any atom is 0.261 e. The van der Waals surface area contributed by atoms with Gasteiger partial charge in [0, 0.05) is 17.6 Å². The van der Waals surface area contributed by atoms with Crippen molar-refractivity contribution in [3.63, 3.8) is 0 Å². The predicted octanol–water partition coefficient (Wildman–Crippen LogP) is 5.28. The highest BCUT2D eigenvalue weighted by atomic mass is 79.9. The summed E-state index contributed by atoms with van der Waals surface area (Å²) in [5, 5.41) is 2.93. The summed E-state index contributed by atoms with van der Waals surface area (Å²) in [6.45, 7) is 8.83. The lowest BCUT2D eigenvalue weighted by Gasteiger charge is -2.29. The number of carbonyl (C=O) groups is 2. The molecule has 0 unspecified atom stereocenters. The van der Waals surface area contributed by atoms with Crippen LogP contribution in [0.2, 0.25) is 0 Å². The van der Waals surface area contributed by atoms with E-state index in [4.69, 9.17) is 4.74 Å². The molecule has 5 nitrogen and oxygen atoms in total. The molecule has 1 atom stereocenters. The third-order valence-electron chi connectivity index (χ3n) is 5.13. The Morgan fingerprint density at radius 1 is 1.10 bits per heavy atom. The van der Waals surface area contributed by atoms with Crippen LogP contribution >= 0.6 is 15.9 Å². The first-order chi connectivity index (χ1) is 14.8. The molecule has 0 bridgehead atoms. The van der Waals surface area contributed by atoms with Gasteiger partial charge in [-0.25, -0.2) is 0 Å². The molecule has 168 valence electrons. The summed E-state index contributed by atoms with van der Waals surface area (Å²) in [4.78, 5) is 27.4. The van der Waals surface area contributed by atoms with Crippen LogP contribution in [-0.2, 0) is 16.1 Å². The van der Waals surface area contributed by atoms with Crippen molar-refractivity contribution >= 4 is 27.7 Å². The predicted molar refractivity (Wildman–Crippen MR) is 128 cm³/mol. The molecule has 2 aromatic carbocycles. The third-order valence-corrected chi connectivity index (χ3v) is 5.62. The molecule has 0 aliphatic heterocycles. The van der Waals surface area contributed by atoms with Crippen LogP contribution in [0.5, 0.6) is 5.75 Å². The Kier molecular flexibility index (Phi) is 10.0. The largest absolute Gasteiger partial charge is 0.483 e. The van der Waals surface area contributed by atoms with Crippen LogP contribution in [0.4, 0.5) is 0 Å². The summed E-state index contributed by atoms with van der Waals surface area (Å²) in [5.41, 5.74) is 2.00. The number of halogens is 1. The van der Waals surface area contributed by atoms with Gasteiger partial charge in [0.1, 0.15) is 11.8 Å². The van der Waals surface area contributed by atoms with E-state index in [0.717, 1.165) is 28.4 Å². The summed E-state index contributed by atoms with van der Waals surface area (Å²) >= 11 is 3.47. The maximum absolute atomic E-state index is 13.2. The third kappa shape index (κ3) is 7.69. The number of hydrogen-bond acceptors (Lipinski definition) is 3. The molecule has 31 heavy (non-hydrogen) atoms. The Balaban J connectivity index is 2.16. The number of unbranched alkanes of at least 4 members (excludes halogenated alkanes) is 1. The van der Waals surface area contributed by atoms with Gasteiger partial charge in [-0.05, 0) is 48.6 Å². The van der Waals surface area contributed by atoms with E-state index in [1.165, 1.54) is 0 Å². The fourth-order valence-corrected chi connectivity index (χ4v) is 3.71. The number of nitrogens with zero attached hydrogens (tertiary/aromatic N) is 1. The molecule has 0 fully saturated rings. The Hall–Kier alpha value is -2.34. The molecule has 2 amide bonds. The second-order valence-corrected chi connectivity index (χ2v) is 8.87. The van der Waals surface area contributed by atoms with Gasteiger partial charge >= 0.3 is 0 Å². The molecule has 2 rings (SSSR count). The first-order valence-corrected chi connectivity index (χ1v) is 11.7. The second-order valence-electron chi connectivity index (χ2n) is 7.95. The molecule has 0 heterocycles. The normalized spacial score (nSPS) is 11.8. The lowest BCUT2D eigenvalue weighted by atomic mass is 10.0. The quantitative estimate of drug-likeness (QED) is 0.437. The smallest absolute Gasteiger partial charge is 0.261 e. The number of nitrogens with one attached hydrogen (secondary N) is 1. The Morgan fingerprint density at radius 3 is 2.52 bits per heavy atom. The molecule has 0 aliphatic rings. The molecule has 0 spiro atoms. The van der Waals surface area contributed by atoms with E-state index in [-0.39, 0.29) is 24.3 Å². The van der Waals surface area contributed by atoms with Gasteiger partial charge in [0.2, 0.25) is 5.91 Å². The highest BCUT2D eigenvalue weighted by molar-refractivity contribution is 9.10. The van der Waals surface area contributed by atoms with Crippen molar-refractivity contribution in [2.24, 2.45) is 0 Å². The van der Waals surface area contributed by atoms with Crippen molar-refractivity contribution in [3.8, 4) is 5.75 Å². The van der Waals surface area contributed by atoms with Crippen molar-refractivity contribution < 1.29 is 14.3 Å². The minimum atomic E-state index is -0.604. The van der Waals surface area contributed by atoms with Gasteiger partial charge in [-0.15, -0.1) is 0 Å². The lowest BCUT2D eigenvalue weighted by Crippen LogP contribution is -2.49. The van der Waals surface area contributed by atoms with Crippen LogP contribution < -0.4 is 10.1 Å². The van der Waals surface area contributed by atoms with Crippen molar-refractivity contribution in [1.82, 2.24) is 10.2 Å². The summed E-state index contributed by atoms with van der Waals surface area (Å²) in [5.74, 6) is 0.608. The van der Waals surface area contributed by atoms with Gasteiger partial charge in [-0.1, -0.05) is 73.5 Å². The zero-order valence-electron chi connectivity index (χ0n) is 18.9. The Bertz CT molecular complexity index is 869. The SMILES string of the molecule is CCCCNC(=O)[C@H](C)N(Cc1cccc(Br)c1)C(=O)COc1ccccc1C(C)C. The zero-order chi connectivity index (χ0) is 22.8. The highest BCUT2D eigenvalue weighted by Crippen LogP contribution is 2.26. The van der Waals surface area contributed by atoms with E-state index in [9.17, 15) is 9.59 Å². The summed E-state index contributed by atoms with van der Waals surface area (Å²) in [7, 11) is 0. The minimum absolute atomic E-state index is 0.121. The van der Waals surface area contributed by atoms with Gasteiger partial charge in [0.05, 0.1) is 0 Å². The molecule has 0 saturated heterocycles. The lowest BCUT2D eigenvalue weighted by molar-refractivity contribution is -0.142. The summed E-state index contributed by atoms with van der Waals surface area (Å²) < 4.78 is 6.83. The number of carbonyl (C=O) groups excluding carboxylic acids is 2. The number of rotatable bonds is 11. The number of amides is 2. The van der Waals surface area contributed by atoms with Crippen molar-refractivity contribution in [2.75, 3.05) is 13.2 Å². The summed E-state index contributed by atoms with van der Waals surface area (Å²) in [6.07, 6.45) is 1.91. The van der Waals surface area contributed by atoms with E-state index < -0.39 is 6.04 Å².